The zero-order chi connectivity index (χ0) is 13.6. The molecule has 0 spiro atoms. The van der Waals surface area contributed by atoms with Crippen LogP contribution in [-0.4, -0.2) is 62.4 Å². The molecule has 106 valence electrons. The Morgan fingerprint density at radius 2 is 2.33 bits per heavy atom. The van der Waals surface area contributed by atoms with E-state index in [-0.39, 0.29) is 12.1 Å². The van der Waals surface area contributed by atoms with Crippen molar-refractivity contribution in [2.45, 2.75) is 38.8 Å². The molecular formula is C13H26N2O3. The van der Waals surface area contributed by atoms with Gasteiger partial charge in [0, 0.05) is 19.6 Å². The smallest absolute Gasteiger partial charge is 0.326 e. The Morgan fingerprint density at radius 3 is 2.89 bits per heavy atom. The summed E-state index contributed by atoms with van der Waals surface area (Å²) in [6.45, 7) is 9.75. The molecule has 5 nitrogen and oxygen atoms in total. The Labute approximate surface area is 110 Å². The zero-order valence-electron chi connectivity index (χ0n) is 12.0. The van der Waals surface area contributed by atoms with Crippen molar-refractivity contribution < 1.29 is 14.3 Å². The molecule has 2 atom stereocenters. The molecule has 0 radical (unpaired) electrons. The molecule has 1 N–H and O–H groups in total. The monoisotopic (exact) mass is 258 g/mol. The van der Waals surface area contributed by atoms with Crippen LogP contribution in [0.2, 0.25) is 0 Å². The number of morpholine rings is 1. The minimum atomic E-state index is -0.600. The van der Waals surface area contributed by atoms with Crippen LogP contribution >= 0.6 is 0 Å². The standard InChI is InChI=1S/C13H26N2O3/c1-5-17-12(16)13(3,14-4)6-7-15-8-9-18-11(2)10-15/h11,14H,5-10H2,1-4H3. The van der Waals surface area contributed by atoms with Crippen molar-refractivity contribution in [2.24, 2.45) is 0 Å². The van der Waals surface area contributed by atoms with Crippen LogP contribution in [-0.2, 0) is 14.3 Å². The predicted octanol–water partition coefficient (Wildman–Crippen LogP) is 0.638. The first kappa shape index (κ1) is 15.4. The molecule has 18 heavy (non-hydrogen) atoms. The SMILES string of the molecule is CCOC(=O)C(C)(CCN1CCOC(C)C1)NC. The highest BCUT2D eigenvalue weighted by atomic mass is 16.5. The van der Waals surface area contributed by atoms with Crippen LogP contribution in [0.3, 0.4) is 0 Å². The average molecular weight is 258 g/mol. The number of ether oxygens (including phenoxy) is 2. The Bertz CT molecular complexity index is 273. The van der Waals surface area contributed by atoms with E-state index in [2.05, 4.69) is 17.1 Å². The van der Waals surface area contributed by atoms with E-state index in [1.165, 1.54) is 0 Å². The normalized spacial score (nSPS) is 24.6. The maximum absolute atomic E-state index is 11.9. The average Bonchev–Trinajstić information content (AvgIpc) is 2.36. The number of carbonyl (C=O) groups is 1. The second-order valence-corrected chi connectivity index (χ2v) is 5.03. The topological polar surface area (TPSA) is 50.8 Å². The van der Waals surface area contributed by atoms with Crippen molar-refractivity contribution in [1.82, 2.24) is 10.2 Å². The van der Waals surface area contributed by atoms with Gasteiger partial charge in [0.05, 0.1) is 19.3 Å². The molecule has 0 aliphatic carbocycles. The van der Waals surface area contributed by atoms with Crippen molar-refractivity contribution in [2.75, 3.05) is 39.9 Å². The van der Waals surface area contributed by atoms with Crippen LogP contribution in [0.4, 0.5) is 0 Å². The highest BCUT2D eigenvalue weighted by molar-refractivity contribution is 5.80. The van der Waals surface area contributed by atoms with E-state index < -0.39 is 5.54 Å². The largest absolute Gasteiger partial charge is 0.465 e. The van der Waals surface area contributed by atoms with E-state index in [9.17, 15) is 4.79 Å². The van der Waals surface area contributed by atoms with E-state index in [1.54, 1.807) is 7.05 Å². The fourth-order valence-corrected chi connectivity index (χ4v) is 2.09. The molecule has 0 aromatic carbocycles. The first-order valence-electron chi connectivity index (χ1n) is 6.72. The Hall–Kier alpha value is -0.650. The predicted molar refractivity (Wildman–Crippen MR) is 70.6 cm³/mol. The number of carbonyl (C=O) groups excluding carboxylic acids is 1. The number of hydrogen-bond acceptors (Lipinski definition) is 5. The van der Waals surface area contributed by atoms with Crippen molar-refractivity contribution in [1.29, 1.82) is 0 Å². The molecule has 0 aromatic rings. The molecule has 0 amide bonds. The molecule has 0 aromatic heterocycles. The van der Waals surface area contributed by atoms with Crippen LogP contribution in [0.15, 0.2) is 0 Å². The molecule has 1 aliphatic rings. The van der Waals surface area contributed by atoms with Crippen LogP contribution in [0.5, 0.6) is 0 Å². The van der Waals surface area contributed by atoms with Crippen molar-refractivity contribution in [3.05, 3.63) is 0 Å². The van der Waals surface area contributed by atoms with Crippen molar-refractivity contribution >= 4 is 5.97 Å². The van der Waals surface area contributed by atoms with Gasteiger partial charge in [0.25, 0.3) is 0 Å². The zero-order valence-corrected chi connectivity index (χ0v) is 12.0. The summed E-state index contributed by atoms with van der Waals surface area (Å²) < 4.78 is 10.6. The number of nitrogens with zero attached hydrogens (tertiary/aromatic N) is 1. The summed E-state index contributed by atoms with van der Waals surface area (Å²) in [5, 5.41) is 3.08. The summed E-state index contributed by atoms with van der Waals surface area (Å²) in [6, 6.07) is 0. The van der Waals surface area contributed by atoms with Gasteiger partial charge in [0.15, 0.2) is 0 Å². The van der Waals surface area contributed by atoms with Gasteiger partial charge in [-0.15, -0.1) is 0 Å². The van der Waals surface area contributed by atoms with Gasteiger partial charge in [0.2, 0.25) is 0 Å². The summed E-state index contributed by atoms with van der Waals surface area (Å²) in [7, 11) is 1.80. The number of likely N-dealkylation sites (N-methyl/N-ethyl adjacent to an activating group) is 1. The fraction of sp³-hybridized carbons (Fsp3) is 0.923. The lowest BCUT2D eigenvalue weighted by Gasteiger charge is -2.34. The third-order valence-electron chi connectivity index (χ3n) is 3.53. The van der Waals surface area contributed by atoms with Crippen LogP contribution in [0.25, 0.3) is 0 Å². The second-order valence-electron chi connectivity index (χ2n) is 5.03. The number of rotatable bonds is 6. The van der Waals surface area contributed by atoms with E-state index >= 15 is 0 Å². The summed E-state index contributed by atoms with van der Waals surface area (Å²) in [5.41, 5.74) is -0.600. The van der Waals surface area contributed by atoms with E-state index in [0.29, 0.717) is 6.61 Å². The summed E-state index contributed by atoms with van der Waals surface area (Å²) in [4.78, 5) is 14.2. The molecule has 1 saturated heterocycles. The summed E-state index contributed by atoms with van der Waals surface area (Å²) in [5.74, 6) is -0.172. The Morgan fingerprint density at radius 1 is 1.61 bits per heavy atom. The third-order valence-corrected chi connectivity index (χ3v) is 3.53. The Kier molecular flexibility index (Phi) is 6.05. The molecule has 0 saturated carbocycles. The maximum atomic E-state index is 11.9. The van der Waals surface area contributed by atoms with Crippen molar-refractivity contribution in [3.63, 3.8) is 0 Å². The molecule has 0 bridgehead atoms. The lowest BCUT2D eigenvalue weighted by Crippen LogP contribution is -2.52. The minimum Gasteiger partial charge on any atom is -0.465 e. The van der Waals surface area contributed by atoms with Crippen LogP contribution in [0.1, 0.15) is 27.2 Å². The lowest BCUT2D eigenvalue weighted by molar-refractivity contribution is -0.150. The first-order chi connectivity index (χ1) is 8.51. The molecule has 1 rings (SSSR count). The minimum absolute atomic E-state index is 0.172. The van der Waals surface area contributed by atoms with Gasteiger partial charge < -0.3 is 14.8 Å². The van der Waals surface area contributed by atoms with Crippen LogP contribution < -0.4 is 5.32 Å². The maximum Gasteiger partial charge on any atom is 0.326 e. The molecule has 2 unspecified atom stereocenters. The third kappa shape index (κ3) is 4.23. The lowest BCUT2D eigenvalue weighted by atomic mass is 9.97. The molecule has 1 fully saturated rings. The van der Waals surface area contributed by atoms with Crippen LogP contribution in [0, 0.1) is 0 Å². The molecule has 5 heteroatoms. The van der Waals surface area contributed by atoms with Gasteiger partial charge in [-0.05, 0) is 34.2 Å². The van der Waals surface area contributed by atoms with Gasteiger partial charge in [-0.1, -0.05) is 0 Å². The summed E-state index contributed by atoms with van der Waals surface area (Å²) in [6.07, 6.45) is 1.02. The van der Waals surface area contributed by atoms with E-state index in [0.717, 1.165) is 32.7 Å². The number of hydrogen-bond donors (Lipinski definition) is 1. The van der Waals surface area contributed by atoms with E-state index in [4.69, 9.17) is 9.47 Å². The highest BCUT2D eigenvalue weighted by Gasteiger charge is 2.33. The molecular weight excluding hydrogens is 232 g/mol. The highest BCUT2D eigenvalue weighted by Crippen LogP contribution is 2.14. The number of nitrogens with one attached hydrogen (secondary N) is 1. The van der Waals surface area contributed by atoms with Gasteiger partial charge in [-0.25, -0.2) is 0 Å². The van der Waals surface area contributed by atoms with E-state index in [1.807, 2.05) is 13.8 Å². The quantitative estimate of drug-likeness (QED) is 0.709. The number of esters is 1. The van der Waals surface area contributed by atoms with Gasteiger partial charge in [0.1, 0.15) is 5.54 Å². The van der Waals surface area contributed by atoms with Gasteiger partial charge >= 0.3 is 5.97 Å². The van der Waals surface area contributed by atoms with Gasteiger partial charge in [-0.2, -0.15) is 0 Å². The van der Waals surface area contributed by atoms with Gasteiger partial charge in [-0.3, -0.25) is 9.69 Å². The molecule has 1 aliphatic heterocycles. The van der Waals surface area contributed by atoms with Crippen molar-refractivity contribution in [3.8, 4) is 0 Å². The fourth-order valence-electron chi connectivity index (χ4n) is 2.09. The Balaban J connectivity index is 2.45. The molecule has 1 heterocycles. The summed E-state index contributed by atoms with van der Waals surface area (Å²) >= 11 is 0. The second kappa shape index (κ2) is 7.07. The first-order valence-corrected chi connectivity index (χ1v) is 6.72.